The van der Waals surface area contributed by atoms with Crippen molar-refractivity contribution in [3.63, 3.8) is 0 Å². The summed E-state index contributed by atoms with van der Waals surface area (Å²) in [7, 11) is 0. The van der Waals surface area contributed by atoms with E-state index < -0.39 is 23.6 Å². The molecule has 0 aliphatic rings. The molecule has 8 heteroatoms. The van der Waals surface area contributed by atoms with E-state index in [4.69, 9.17) is 10.2 Å². The summed E-state index contributed by atoms with van der Waals surface area (Å²) in [4.78, 5) is 23.6. The van der Waals surface area contributed by atoms with E-state index in [0.717, 1.165) is 6.07 Å². The molecular weight excluding hydrogens is 373 g/mol. The fraction of sp³-hybridized carbons (Fsp3) is 0.200. The first-order valence-corrected chi connectivity index (χ1v) is 8.54. The van der Waals surface area contributed by atoms with Crippen LogP contribution in [0, 0.1) is 0 Å². The third kappa shape index (κ3) is 4.00. The fourth-order valence-corrected chi connectivity index (χ4v) is 2.90. The average Bonchev–Trinajstić information content (AvgIpc) is 3.06. The van der Waals surface area contributed by atoms with Crippen LogP contribution in [-0.4, -0.2) is 11.8 Å². The quantitative estimate of drug-likeness (QED) is 0.659. The minimum Gasteiger partial charge on any atom is -0.451 e. The summed E-state index contributed by atoms with van der Waals surface area (Å²) in [6.45, 7) is 1.80. The highest BCUT2D eigenvalue weighted by atomic mass is 19.4. The Labute approximate surface area is 158 Å². The lowest BCUT2D eigenvalue weighted by molar-refractivity contribution is -0.138. The smallest absolute Gasteiger partial charge is 0.416 e. The van der Waals surface area contributed by atoms with Crippen molar-refractivity contribution in [3.8, 4) is 0 Å². The number of halogens is 3. The van der Waals surface area contributed by atoms with E-state index in [1.54, 1.807) is 13.0 Å². The summed E-state index contributed by atoms with van der Waals surface area (Å²) in [6.07, 6.45) is -3.64. The topological polar surface area (TPSA) is 85.3 Å². The first kappa shape index (κ1) is 19.5. The Balaban J connectivity index is 1.88. The second-order valence-corrected chi connectivity index (χ2v) is 6.30. The minimum absolute atomic E-state index is 0.0366. The number of nitrogens with two attached hydrogens (primary N) is 1. The molecule has 0 radical (unpaired) electrons. The molecule has 146 valence electrons. The third-order valence-electron chi connectivity index (χ3n) is 4.22. The van der Waals surface area contributed by atoms with E-state index in [0.29, 0.717) is 18.2 Å². The standard InChI is InChI=1S/C20H17F3N2O3/c1-2-3-11-6-7-14(10-15(11)20(21,22)23)25-19(27)13-5-4-12-8-17(18(24)26)28-16(12)9-13/h4-10H,2-3H2,1H3,(H2,24,26)(H,25,27). The van der Waals surface area contributed by atoms with Crippen molar-refractivity contribution in [1.82, 2.24) is 0 Å². The Morgan fingerprint density at radius 2 is 1.86 bits per heavy atom. The number of benzene rings is 2. The maximum atomic E-state index is 13.3. The number of hydrogen-bond donors (Lipinski definition) is 2. The first-order chi connectivity index (χ1) is 13.2. The summed E-state index contributed by atoms with van der Waals surface area (Å²) in [6, 6.07) is 9.62. The van der Waals surface area contributed by atoms with Crippen LogP contribution in [-0.2, 0) is 12.6 Å². The number of carbonyl (C=O) groups excluding carboxylic acids is 2. The zero-order valence-corrected chi connectivity index (χ0v) is 14.9. The molecule has 0 saturated carbocycles. The van der Waals surface area contributed by atoms with Gasteiger partial charge in [-0.1, -0.05) is 25.5 Å². The number of furan rings is 1. The van der Waals surface area contributed by atoms with Crippen molar-refractivity contribution in [2.24, 2.45) is 5.73 Å². The van der Waals surface area contributed by atoms with E-state index in [2.05, 4.69) is 5.32 Å². The van der Waals surface area contributed by atoms with Gasteiger partial charge in [-0.3, -0.25) is 9.59 Å². The number of nitrogens with one attached hydrogen (secondary N) is 1. The highest BCUT2D eigenvalue weighted by molar-refractivity contribution is 6.06. The Morgan fingerprint density at radius 1 is 1.11 bits per heavy atom. The molecule has 0 saturated heterocycles. The molecule has 2 amide bonds. The fourth-order valence-electron chi connectivity index (χ4n) is 2.90. The molecule has 0 aliphatic carbocycles. The summed E-state index contributed by atoms with van der Waals surface area (Å²) in [5, 5.41) is 3.04. The number of primary amides is 1. The van der Waals surface area contributed by atoms with E-state index >= 15 is 0 Å². The molecule has 0 unspecified atom stereocenters. The van der Waals surface area contributed by atoms with E-state index in [1.807, 2.05) is 0 Å². The van der Waals surface area contributed by atoms with Crippen LogP contribution in [0.15, 0.2) is 46.9 Å². The van der Waals surface area contributed by atoms with Crippen molar-refractivity contribution < 1.29 is 27.2 Å². The highest BCUT2D eigenvalue weighted by Crippen LogP contribution is 2.34. The zero-order chi connectivity index (χ0) is 20.5. The second-order valence-electron chi connectivity index (χ2n) is 6.30. The van der Waals surface area contributed by atoms with Gasteiger partial charge in [-0.15, -0.1) is 0 Å². The van der Waals surface area contributed by atoms with Crippen molar-refractivity contribution in [2.45, 2.75) is 25.9 Å². The maximum Gasteiger partial charge on any atom is 0.416 e. The number of fused-ring (bicyclic) bond motifs is 1. The highest BCUT2D eigenvalue weighted by Gasteiger charge is 2.33. The molecule has 5 nitrogen and oxygen atoms in total. The molecule has 0 spiro atoms. The van der Waals surface area contributed by atoms with Gasteiger partial charge >= 0.3 is 6.18 Å². The number of aryl methyl sites for hydroxylation is 1. The van der Waals surface area contributed by atoms with Crippen LogP contribution in [0.5, 0.6) is 0 Å². The lowest BCUT2D eigenvalue weighted by Crippen LogP contribution is -2.14. The van der Waals surface area contributed by atoms with Crippen molar-refractivity contribution in [2.75, 3.05) is 5.32 Å². The van der Waals surface area contributed by atoms with Gasteiger partial charge in [0.25, 0.3) is 11.8 Å². The van der Waals surface area contributed by atoms with Crippen LogP contribution < -0.4 is 11.1 Å². The van der Waals surface area contributed by atoms with Crippen LogP contribution in [0.4, 0.5) is 18.9 Å². The molecule has 3 rings (SSSR count). The predicted octanol–water partition coefficient (Wildman–Crippen LogP) is 4.76. The molecule has 0 atom stereocenters. The van der Waals surface area contributed by atoms with Gasteiger partial charge in [0.1, 0.15) is 5.58 Å². The molecule has 0 fully saturated rings. The molecule has 1 heterocycles. The number of hydrogen-bond acceptors (Lipinski definition) is 3. The Hall–Kier alpha value is -3.29. The summed E-state index contributed by atoms with van der Waals surface area (Å²) in [5.74, 6) is -1.39. The van der Waals surface area contributed by atoms with Gasteiger partial charge in [0.05, 0.1) is 5.56 Å². The van der Waals surface area contributed by atoms with E-state index in [1.165, 1.54) is 30.3 Å². The maximum absolute atomic E-state index is 13.3. The Bertz CT molecular complexity index is 1050. The van der Waals surface area contributed by atoms with Crippen LogP contribution in [0.1, 0.15) is 45.4 Å². The zero-order valence-electron chi connectivity index (χ0n) is 14.9. The van der Waals surface area contributed by atoms with Gasteiger partial charge < -0.3 is 15.5 Å². The number of carbonyl (C=O) groups is 2. The lowest BCUT2D eigenvalue weighted by atomic mass is 10.0. The van der Waals surface area contributed by atoms with Gasteiger partial charge in [0.2, 0.25) is 0 Å². The van der Waals surface area contributed by atoms with Gasteiger partial charge in [0.15, 0.2) is 5.76 Å². The number of amides is 2. The van der Waals surface area contributed by atoms with Crippen LogP contribution in [0.3, 0.4) is 0 Å². The van der Waals surface area contributed by atoms with Crippen LogP contribution in [0.2, 0.25) is 0 Å². The van der Waals surface area contributed by atoms with Gasteiger partial charge in [0, 0.05) is 16.6 Å². The van der Waals surface area contributed by atoms with Gasteiger partial charge in [-0.05, 0) is 42.3 Å². The average molecular weight is 390 g/mol. The Kier molecular flexibility index (Phi) is 5.13. The van der Waals surface area contributed by atoms with E-state index in [-0.39, 0.29) is 28.2 Å². The molecule has 3 aromatic rings. The van der Waals surface area contributed by atoms with Crippen LogP contribution in [0.25, 0.3) is 11.0 Å². The molecule has 0 bridgehead atoms. The summed E-state index contributed by atoms with van der Waals surface area (Å²) < 4.78 is 45.1. The molecular formula is C20H17F3N2O3. The predicted molar refractivity (Wildman–Crippen MR) is 98.1 cm³/mol. The second kappa shape index (κ2) is 7.38. The van der Waals surface area contributed by atoms with Crippen LogP contribution >= 0.6 is 0 Å². The van der Waals surface area contributed by atoms with Crippen molar-refractivity contribution in [1.29, 1.82) is 0 Å². The SMILES string of the molecule is CCCc1ccc(NC(=O)c2ccc3cc(C(N)=O)oc3c2)cc1C(F)(F)F. The number of rotatable bonds is 5. The number of anilines is 1. The van der Waals surface area contributed by atoms with Crippen molar-refractivity contribution in [3.05, 3.63) is 64.9 Å². The summed E-state index contributed by atoms with van der Waals surface area (Å²) in [5.41, 5.74) is 5.06. The molecule has 1 aromatic heterocycles. The summed E-state index contributed by atoms with van der Waals surface area (Å²) >= 11 is 0. The van der Waals surface area contributed by atoms with Crippen molar-refractivity contribution >= 4 is 28.5 Å². The molecule has 28 heavy (non-hydrogen) atoms. The first-order valence-electron chi connectivity index (χ1n) is 8.54. The molecule has 3 N–H and O–H groups in total. The molecule has 0 aliphatic heterocycles. The third-order valence-corrected chi connectivity index (χ3v) is 4.22. The number of alkyl halides is 3. The normalized spacial score (nSPS) is 11.6. The monoisotopic (exact) mass is 390 g/mol. The van der Waals surface area contributed by atoms with Gasteiger partial charge in [-0.2, -0.15) is 13.2 Å². The minimum atomic E-state index is -4.51. The van der Waals surface area contributed by atoms with E-state index in [9.17, 15) is 22.8 Å². The molecule has 2 aromatic carbocycles. The van der Waals surface area contributed by atoms with Gasteiger partial charge in [-0.25, -0.2) is 0 Å². The lowest BCUT2D eigenvalue weighted by Gasteiger charge is -2.14. The largest absolute Gasteiger partial charge is 0.451 e. The Morgan fingerprint density at radius 3 is 2.50 bits per heavy atom.